The van der Waals surface area contributed by atoms with Gasteiger partial charge >= 0.3 is 0 Å². The molecular formula is C9H12NO2S. The third-order valence-electron chi connectivity index (χ3n) is 1.36. The number of rotatable bonds is 3. The number of hydrogen-bond donors (Lipinski definition) is 1. The topological polar surface area (TPSA) is 46.2 Å². The summed E-state index contributed by atoms with van der Waals surface area (Å²) < 4.78 is 25.5. The van der Waals surface area contributed by atoms with E-state index in [1.54, 1.807) is 32.0 Å². The third kappa shape index (κ3) is 2.82. The summed E-state index contributed by atoms with van der Waals surface area (Å²) in [5.41, 5.74) is 0. The first-order chi connectivity index (χ1) is 6.02. The van der Waals surface area contributed by atoms with Crippen LogP contribution in [0.15, 0.2) is 29.2 Å². The van der Waals surface area contributed by atoms with E-state index in [9.17, 15) is 8.42 Å². The predicted molar refractivity (Wildman–Crippen MR) is 50.7 cm³/mol. The second kappa shape index (κ2) is 3.89. The van der Waals surface area contributed by atoms with Crippen LogP contribution in [0.2, 0.25) is 0 Å². The highest BCUT2D eigenvalue weighted by Gasteiger charge is 2.13. The summed E-state index contributed by atoms with van der Waals surface area (Å²) in [7, 11) is -3.37. The molecule has 1 N–H and O–H groups in total. The van der Waals surface area contributed by atoms with E-state index in [0.717, 1.165) is 0 Å². The molecule has 0 aliphatic rings. The first kappa shape index (κ1) is 10.2. The molecule has 0 atom stereocenters. The van der Waals surface area contributed by atoms with Crippen LogP contribution in [-0.2, 0) is 10.0 Å². The van der Waals surface area contributed by atoms with Crippen LogP contribution >= 0.6 is 0 Å². The van der Waals surface area contributed by atoms with Gasteiger partial charge in [0.05, 0.1) is 4.90 Å². The van der Waals surface area contributed by atoms with E-state index in [1.807, 2.05) is 0 Å². The number of hydrogen-bond acceptors (Lipinski definition) is 2. The van der Waals surface area contributed by atoms with E-state index >= 15 is 0 Å². The van der Waals surface area contributed by atoms with Crippen molar-refractivity contribution >= 4 is 10.0 Å². The maximum absolute atomic E-state index is 11.5. The summed E-state index contributed by atoms with van der Waals surface area (Å²) in [6, 6.07) is 9.06. The summed E-state index contributed by atoms with van der Waals surface area (Å²) >= 11 is 0. The largest absolute Gasteiger partial charge is 0.241 e. The van der Waals surface area contributed by atoms with Crippen LogP contribution in [0.4, 0.5) is 0 Å². The molecule has 0 fully saturated rings. The molecule has 0 amide bonds. The molecule has 0 unspecified atom stereocenters. The zero-order valence-corrected chi connectivity index (χ0v) is 8.43. The molecule has 0 bridgehead atoms. The van der Waals surface area contributed by atoms with Crippen molar-refractivity contribution in [2.45, 2.75) is 24.8 Å². The van der Waals surface area contributed by atoms with Crippen molar-refractivity contribution in [1.82, 2.24) is 4.72 Å². The lowest BCUT2D eigenvalue weighted by Gasteiger charge is -2.08. The lowest BCUT2D eigenvalue weighted by molar-refractivity contribution is 0.569. The molecular weight excluding hydrogens is 186 g/mol. The van der Waals surface area contributed by atoms with Crippen molar-refractivity contribution in [2.75, 3.05) is 0 Å². The average molecular weight is 198 g/mol. The van der Waals surface area contributed by atoms with E-state index in [-0.39, 0.29) is 10.9 Å². The average Bonchev–Trinajstić information content (AvgIpc) is 2.04. The Balaban J connectivity index is 2.96. The van der Waals surface area contributed by atoms with Crippen molar-refractivity contribution in [2.24, 2.45) is 0 Å². The first-order valence-corrected chi connectivity index (χ1v) is 5.50. The zero-order chi connectivity index (χ0) is 9.90. The lowest BCUT2D eigenvalue weighted by atomic mass is 10.4. The highest BCUT2D eigenvalue weighted by atomic mass is 32.2. The molecule has 0 saturated heterocycles. The second-order valence-corrected chi connectivity index (χ2v) is 4.69. The Kier molecular flexibility index (Phi) is 3.06. The Morgan fingerprint density at radius 2 is 2.08 bits per heavy atom. The van der Waals surface area contributed by atoms with Crippen LogP contribution in [0.5, 0.6) is 0 Å². The molecule has 71 valence electrons. The van der Waals surface area contributed by atoms with Gasteiger partial charge < -0.3 is 0 Å². The first-order valence-electron chi connectivity index (χ1n) is 4.01. The Hall–Kier alpha value is -0.870. The van der Waals surface area contributed by atoms with Gasteiger partial charge in [0.1, 0.15) is 0 Å². The molecule has 1 aromatic carbocycles. The van der Waals surface area contributed by atoms with Crippen LogP contribution in [0, 0.1) is 6.07 Å². The van der Waals surface area contributed by atoms with Gasteiger partial charge in [-0.05, 0) is 19.9 Å². The summed E-state index contributed by atoms with van der Waals surface area (Å²) in [6.45, 7) is 3.56. The van der Waals surface area contributed by atoms with Crippen LogP contribution in [-0.4, -0.2) is 14.5 Å². The fourth-order valence-electron chi connectivity index (χ4n) is 0.918. The molecule has 1 rings (SSSR count). The number of sulfonamides is 1. The van der Waals surface area contributed by atoms with E-state index in [4.69, 9.17) is 0 Å². The number of nitrogens with one attached hydrogen (secondary N) is 1. The molecule has 1 radical (unpaired) electrons. The Bertz CT molecular complexity index is 356. The molecule has 0 aromatic heterocycles. The van der Waals surface area contributed by atoms with Crippen molar-refractivity contribution < 1.29 is 8.42 Å². The fraction of sp³-hybridized carbons (Fsp3) is 0.333. The quantitative estimate of drug-likeness (QED) is 0.792. The Labute approximate surface area is 78.8 Å². The van der Waals surface area contributed by atoms with Crippen LogP contribution < -0.4 is 4.72 Å². The molecule has 0 spiro atoms. The predicted octanol–water partition coefficient (Wildman–Crippen LogP) is 1.17. The monoisotopic (exact) mass is 198 g/mol. The maximum Gasteiger partial charge on any atom is 0.241 e. The van der Waals surface area contributed by atoms with Gasteiger partial charge in [-0.15, -0.1) is 0 Å². The minimum absolute atomic E-state index is 0.0985. The van der Waals surface area contributed by atoms with Gasteiger partial charge in [-0.3, -0.25) is 0 Å². The highest BCUT2D eigenvalue weighted by molar-refractivity contribution is 7.89. The van der Waals surface area contributed by atoms with Crippen LogP contribution in [0.3, 0.4) is 0 Å². The maximum atomic E-state index is 11.5. The summed E-state index contributed by atoms with van der Waals surface area (Å²) in [4.78, 5) is 0.184. The minimum Gasteiger partial charge on any atom is -0.209 e. The SMILES string of the molecule is CC(C)NS(=O)(=O)c1[c]cccc1. The lowest BCUT2D eigenvalue weighted by Crippen LogP contribution is -2.30. The Morgan fingerprint density at radius 1 is 1.38 bits per heavy atom. The van der Waals surface area contributed by atoms with Gasteiger partial charge in [0.2, 0.25) is 10.0 Å². The van der Waals surface area contributed by atoms with E-state index in [0.29, 0.717) is 0 Å². The van der Waals surface area contributed by atoms with Gasteiger partial charge in [0, 0.05) is 12.1 Å². The van der Waals surface area contributed by atoms with Crippen LogP contribution in [0.25, 0.3) is 0 Å². The molecule has 0 aliphatic heterocycles. The van der Waals surface area contributed by atoms with Gasteiger partial charge in [0.15, 0.2) is 0 Å². The molecule has 1 aromatic rings. The molecule has 0 aliphatic carbocycles. The Morgan fingerprint density at radius 3 is 2.54 bits per heavy atom. The molecule has 0 heterocycles. The fourth-order valence-corrected chi connectivity index (χ4v) is 2.15. The van der Waals surface area contributed by atoms with E-state index in [2.05, 4.69) is 10.8 Å². The summed E-state index contributed by atoms with van der Waals surface area (Å²) in [5, 5.41) is 0. The molecule has 3 nitrogen and oxygen atoms in total. The molecule has 4 heteroatoms. The van der Waals surface area contributed by atoms with Crippen molar-refractivity contribution in [1.29, 1.82) is 0 Å². The molecule has 13 heavy (non-hydrogen) atoms. The van der Waals surface area contributed by atoms with Crippen LogP contribution in [0.1, 0.15) is 13.8 Å². The van der Waals surface area contributed by atoms with Gasteiger partial charge in [-0.25, -0.2) is 13.1 Å². The van der Waals surface area contributed by atoms with Crippen molar-refractivity contribution in [3.8, 4) is 0 Å². The standard InChI is InChI=1S/C9H12NO2S/c1-8(2)10-13(11,12)9-6-4-3-5-7-9/h3-6,8,10H,1-2H3. The second-order valence-electron chi connectivity index (χ2n) is 3.00. The number of benzene rings is 1. The summed E-state index contributed by atoms with van der Waals surface area (Å²) in [5.74, 6) is 0. The van der Waals surface area contributed by atoms with E-state index < -0.39 is 10.0 Å². The highest BCUT2D eigenvalue weighted by Crippen LogP contribution is 2.06. The molecule has 0 saturated carbocycles. The van der Waals surface area contributed by atoms with Crippen molar-refractivity contribution in [3.63, 3.8) is 0 Å². The van der Waals surface area contributed by atoms with Gasteiger partial charge in [-0.2, -0.15) is 0 Å². The summed E-state index contributed by atoms with van der Waals surface area (Å²) in [6.07, 6.45) is 0. The minimum atomic E-state index is -3.37. The van der Waals surface area contributed by atoms with Crippen molar-refractivity contribution in [3.05, 3.63) is 30.3 Å². The normalized spacial score (nSPS) is 11.9. The zero-order valence-electron chi connectivity index (χ0n) is 7.61. The van der Waals surface area contributed by atoms with E-state index in [1.165, 1.54) is 6.07 Å². The van der Waals surface area contributed by atoms with Gasteiger partial charge in [-0.1, -0.05) is 18.2 Å². The smallest absolute Gasteiger partial charge is 0.209 e. The van der Waals surface area contributed by atoms with Gasteiger partial charge in [0.25, 0.3) is 0 Å². The third-order valence-corrected chi connectivity index (χ3v) is 2.98.